The van der Waals surface area contributed by atoms with Gasteiger partial charge in [-0.05, 0) is 43.6 Å². The third kappa shape index (κ3) is 3.93. The second kappa shape index (κ2) is 7.51. The molecule has 0 unspecified atom stereocenters. The summed E-state index contributed by atoms with van der Waals surface area (Å²) < 4.78 is 10.5. The van der Waals surface area contributed by atoms with Crippen LogP contribution in [0, 0.1) is 0 Å². The molecule has 0 saturated heterocycles. The maximum absolute atomic E-state index is 6.15. The molecule has 0 saturated carbocycles. The van der Waals surface area contributed by atoms with Crippen molar-refractivity contribution in [3.8, 4) is 11.5 Å². The van der Waals surface area contributed by atoms with E-state index in [1.54, 1.807) is 26.4 Å². The Labute approximate surface area is 141 Å². The largest absolute Gasteiger partial charge is 0.495 e. The van der Waals surface area contributed by atoms with Crippen LogP contribution in [0.3, 0.4) is 0 Å². The maximum Gasteiger partial charge on any atom is 0.175 e. The average Bonchev–Trinajstić information content (AvgIpc) is 2.50. The summed E-state index contributed by atoms with van der Waals surface area (Å²) in [5, 5.41) is 7.28. The highest BCUT2D eigenvalue weighted by Gasteiger charge is 2.12. The molecule has 0 spiro atoms. The van der Waals surface area contributed by atoms with Crippen molar-refractivity contribution in [3.63, 3.8) is 0 Å². The molecule has 22 heavy (non-hydrogen) atoms. The van der Waals surface area contributed by atoms with Crippen molar-refractivity contribution in [3.05, 3.63) is 40.6 Å². The van der Waals surface area contributed by atoms with Crippen LogP contribution in [0.15, 0.2) is 35.6 Å². The summed E-state index contributed by atoms with van der Waals surface area (Å²) in [4.78, 5) is 0. The lowest BCUT2D eigenvalue weighted by atomic mass is 10.1. The fourth-order valence-electron chi connectivity index (χ4n) is 2.18. The predicted molar refractivity (Wildman–Crippen MR) is 95.0 cm³/mol. The summed E-state index contributed by atoms with van der Waals surface area (Å²) in [5.74, 6) is 1.16. The van der Waals surface area contributed by atoms with E-state index in [0.29, 0.717) is 27.3 Å². The summed E-state index contributed by atoms with van der Waals surface area (Å²) in [5.41, 5.74) is 2.90. The normalized spacial score (nSPS) is 13.8. The molecule has 1 aliphatic carbocycles. The molecule has 4 nitrogen and oxygen atoms in total. The van der Waals surface area contributed by atoms with Crippen molar-refractivity contribution in [1.82, 2.24) is 5.32 Å². The van der Waals surface area contributed by atoms with E-state index in [1.807, 2.05) is 0 Å². The fraction of sp³-hybridized carbons (Fsp3) is 0.312. The summed E-state index contributed by atoms with van der Waals surface area (Å²) >= 11 is 11.5. The number of benzene rings is 1. The van der Waals surface area contributed by atoms with Crippen LogP contribution in [-0.2, 0) is 0 Å². The highest BCUT2D eigenvalue weighted by Crippen LogP contribution is 2.35. The van der Waals surface area contributed by atoms with Crippen molar-refractivity contribution < 1.29 is 9.47 Å². The van der Waals surface area contributed by atoms with Crippen LogP contribution in [0.5, 0.6) is 11.5 Å². The van der Waals surface area contributed by atoms with Gasteiger partial charge in [-0.25, -0.2) is 0 Å². The van der Waals surface area contributed by atoms with Gasteiger partial charge in [0.2, 0.25) is 0 Å². The average molecular weight is 339 g/mol. The minimum atomic E-state index is 0.487. The number of rotatable bonds is 4. The highest BCUT2D eigenvalue weighted by molar-refractivity contribution is 7.80. The molecule has 0 atom stereocenters. The van der Waals surface area contributed by atoms with Crippen molar-refractivity contribution in [2.45, 2.75) is 19.8 Å². The van der Waals surface area contributed by atoms with Gasteiger partial charge in [0.25, 0.3) is 0 Å². The Kier molecular flexibility index (Phi) is 5.69. The second-order valence-electron chi connectivity index (χ2n) is 4.85. The van der Waals surface area contributed by atoms with Crippen LogP contribution < -0.4 is 20.1 Å². The molecule has 0 fully saturated rings. The zero-order chi connectivity index (χ0) is 16.1. The molecule has 0 aliphatic heterocycles. The van der Waals surface area contributed by atoms with Crippen LogP contribution in [0.4, 0.5) is 5.69 Å². The minimum absolute atomic E-state index is 0.487. The molecule has 0 amide bonds. The van der Waals surface area contributed by atoms with Gasteiger partial charge in [0, 0.05) is 11.8 Å². The topological polar surface area (TPSA) is 42.5 Å². The van der Waals surface area contributed by atoms with Gasteiger partial charge in [-0.3, -0.25) is 0 Å². The van der Waals surface area contributed by atoms with Crippen molar-refractivity contribution >= 4 is 34.6 Å². The van der Waals surface area contributed by atoms with E-state index in [1.165, 1.54) is 5.57 Å². The SMILES string of the molecule is COc1cc(OC)c(NC(=S)NC2=CCCC=C2C)cc1Cl. The van der Waals surface area contributed by atoms with Crippen LogP contribution >= 0.6 is 23.8 Å². The Morgan fingerprint density at radius 2 is 1.77 bits per heavy atom. The molecule has 2 rings (SSSR count). The lowest BCUT2D eigenvalue weighted by molar-refractivity contribution is 0.396. The van der Waals surface area contributed by atoms with Gasteiger partial charge >= 0.3 is 0 Å². The molecule has 2 N–H and O–H groups in total. The van der Waals surface area contributed by atoms with Crippen molar-refractivity contribution in [2.24, 2.45) is 0 Å². The van der Waals surface area contributed by atoms with Gasteiger partial charge in [-0.15, -0.1) is 0 Å². The fourth-order valence-corrected chi connectivity index (χ4v) is 2.64. The summed E-state index contributed by atoms with van der Waals surface area (Å²) in [6.45, 7) is 2.06. The Morgan fingerprint density at radius 3 is 2.41 bits per heavy atom. The number of methoxy groups -OCH3 is 2. The predicted octanol–water partition coefficient (Wildman–Crippen LogP) is 4.27. The van der Waals surface area contributed by atoms with Crippen LogP contribution in [0.25, 0.3) is 0 Å². The second-order valence-corrected chi connectivity index (χ2v) is 5.66. The molecule has 1 aromatic carbocycles. The summed E-state index contributed by atoms with van der Waals surface area (Å²) in [6.07, 6.45) is 6.41. The monoisotopic (exact) mass is 338 g/mol. The van der Waals surface area contributed by atoms with E-state index in [-0.39, 0.29) is 0 Å². The number of ether oxygens (including phenoxy) is 2. The quantitative estimate of drug-likeness (QED) is 0.803. The van der Waals surface area contributed by atoms with E-state index in [4.69, 9.17) is 33.3 Å². The van der Waals surface area contributed by atoms with Gasteiger partial charge in [-0.2, -0.15) is 0 Å². The zero-order valence-corrected chi connectivity index (χ0v) is 14.4. The molecule has 6 heteroatoms. The minimum Gasteiger partial charge on any atom is -0.495 e. The van der Waals surface area contributed by atoms with E-state index >= 15 is 0 Å². The zero-order valence-electron chi connectivity index (χ0n) is 12.8. The molecule has 0 radical (unpaired) electrons. The summed E-state index contributed by atoms with van der Waals surface area (Å²) in [7, 11) is 3.14. The van der Waals surface area contributed by atoms with Gasteiger partial charge in [0.1, 0.15) is 11.5 Å². The van der Waals surface area contributed by atoms with Crippen LogP contribution in [0.1, 0.15) is 19.8 Å². The van der Waals surface area contributed by atoms with Crippen molar-refractivity contribution in [1.29, 1.82) is 0 Å². The van der Waals surface area contributed by atoms with Gasteiger partial charge in [0.05, 0.1) is 24.9 Å². The Morgan fingerprint density at radius 1 is 1.09 bits per heavy atom. The highest BCUT2D eigenvalue weighted by atomic mass is 35.5. The van der Waals surface area contributed by atoms with E-state index in [9.17, 15) is 0 Å². The smallest absolute Gasteiger partial charge is 0.175 e. The summed E-state index contributed by atoms with van der Waals surface area (Å²) in [6, 6.07) is 3.45. The van der Waals surface area contributed by atoms with Crippen LogP contribution in [0.2, 0.25) is 5.02 Å². The Bertz CT molecular complexity index is 641. The number of allylic oxidation sites excluding steroid dienone is 3. The number of halogens is 1. The Balaban J connectivity index is 2.13. The number of anilines is 1. The number of nitrogens with one attached hydrogen (secondary N) is 2. The van der Waals surface area contributed by atoms with Crippen molar-refractivity contribution in [2.75, 3.05) is 19.5 Å². The van der Waals surface area contributed by atoms with E-state index in [2.05, 4.69) is 29.7 Å². The first-order chi connectivity index (χ1) is 10.5. The van der Waals surface area contributed by atoms with Crippen LogP contribution in [-0.4, -0.2) is 19.3 Å². The lowest BCUT2D eigenvalue weighted by Gasteiger charge is -2.18. The third-order valence-corrected chi connectivity index (χ3v) is 3.86. The van der Waals surface area contributed by atoms with E-state index < -0.39 is 0 Å². The molecule has 0 heterocycles. The van der Waals surface area contributed by atoms with Gasteiger partial charge < -0.3 is 20.1 Å². The first kappa shape index (κ1) is 16.6. The third-order valence-electron chi connectivity index (χ3n) is 3.36. The Hall–Kier alpha value is -1.72. The van der Waals surface area contributed by atoms with Gasteiger partial charge in [0.15, 0.2) is 5.11 Å². The molecule has 118 valence electrons. The first-order valence-corrected chi connectivity index (χ1v) is 7.70. The molecule has 0 aromatic heterocycles. The first-order valence-electron chi connectivity index (χ1n) is 6.92. The number of thiocarbonyl (C=S) groups is 1. The molecule has 1 aliphatic rings. The number of hydrogen-bond acceptors (Lipinski definition) is 3. The lowest BCUT2D eigenvalue weighted by Crippen LogP contribution is -2.29. The molecular weight excluding hydrogens is 320 g/mol. The van der Waals surface area contributed by atoms with Gasteiger partial charge in [-0.1, -0.05) is 23.8 Å². The maximum atomic E-state index is 6.15. The molecule has 0 bridgehead atoms. The standard InChI is InChI=1S/C16H19ClN2O2S/c1-10-6-4-5-7-12(10)18-16(22)19-13-8-11(17)14(20-2)9-15(13)21-3/h6-9H,4-5H2,1-3H3,(H2,18,19,22). The van der Waals surface area contributed by atoms with E-state index in [0.717, 1.165) is 18.5 Å². The molecule has 1 aromatic rings. The molecular formula is C16H19ClN2O2S. The number of hydrogen-bond donors (Lipinski definition) is 2.